The lowest BCUT2D eigenvalue weighted by molar-refractivity contribution is -0.138. The third-order valence-electron chi connectivity index (χ3n) is 2.17. The van der Waals surface area contributed by atoms with Gasteiger partial charge in [0.05, 0.1) is 5.69 Å². The van der Waals surface area contributed by atoms with E-state index in [9.17, 15) is 4.79 Å². The third-order valence-corrected chi connectivity index (χ3v) is 2.57. The molecule has 0 spiro atoms. The molecule has 2 rings (SSSR count). The van der Waals surface area contributed by atoms with Gasteiger partial charge in [-0.2, -0.15) is 0 Å². The SMILES string of the molecule is NC(Cc1nc2ccncn2c1Cl)C(=O)O. The summed E-state index contributed by atoms with van der Waals surface area (Å²) in [6.45, 7) is 0. The molecule has 16 heavy (non-hydrogen) atoms. The average molecular weight is 241 g/mol. The lowest BCUT2D eigenvalue weighted by Gasteiger charge is -2.03. The van der Waals surface area contributed by atoms with Crippen LogP contribution in [0.4, 0.5) is 0 Å². The predicted octanol–water partition coefficient (Wildman–Crippen LogP) is 0.337. The van der Waals surface area contributed by atoms with E-state index in [1.54, 1.807) is 16.7 Å². The maximum absolute atomic E-state index is 10.6. The Bertz CT molecular complexity index is 539. The van der Waals surface area contributed by atoms with E-state index in [0.717, 1.165) is 0 Å². The summed E-state index contributed by atoms with van der Waals surface area (Å²) in [6.07, 6.45) is 3.19. The fourth-order valence-corrected chi connectivity index (χ4v) is 1.60. The minimum Gasteiger partial charge on any atom is -0.480 e. The molecular weight excluding hydrogens is 232 g/mol. The van der Waals surface area contributed by atoms with Gasteiger partial charge in [-0.3, -0.25) is 9.20 Å². The molecule has 0 radical (unpaired) electrons. The second-order valence-electron chi connectivity index (χ2n) is 3.31. The first kappa shape index (κ1) is 10.8. The zero-order valence-corrected chi connectivity index (χ0v) is 8.92. The van der Waals surface area contributed by atoms with Gasteiger partial charge >= 0.3 is 5.97 Å². The predicted molar refractivity (Wildman–Crippen MR) is 57.3 cm³/mol. The molecule has 7 heteroatoms. The number of aromatic nitrogens is 3. The number of nitrogens with zero attached hydrogens (tertiary/aromatic N) is 3. The van der Waals surface area contributed by atoms with Gasteiger partial charge in [0.2, 0.25) is 0 Å². The molecule has 3 N–H and O–H groups in total. The summed E-state index contributed by atoms with van der Waals surface area (Å²) in [5.41, 5.74) is 6.50. The maximum Gasteiger partial charge on any atom is 0.320 e. The summed E-state index contributed by atoms with van der Waals surface area (Å²) >= 11 is 6.02. The van der Waals surface area contributed by atoms with Crippen LogP contribution in [0, 0.1) is 0 Å². The van der Waals surface area contributed by atoms with E-state index in [1.807, 2.05) is 0 Å². The highest BCUT2D eigenvalue weighted by Crippen LogP contribution is 2.18. The van der Waals surface area contributed by atoms with Crippen molar-refractivity contribution in [3.8, 4) is 0 Å². The van der Waals surface area contributed by atoms with Gasteiger partial charge in [-0.25, -0.2) is 9.97 Å². The van der Waals surface area contributed by atoms with Gasteiger partial charge in [-0.1, -0.05) is 11.6 Å². The Morgan fingerprint density at radius 2 is 2.44 bits per heavy atom. The van der Waals surface area contributed by atoms with E-state index in [2.05, 4.69) is 9.97 Å². The highest BCUT2D eigenvalue weighted by Gasteiger charge is 2.17. The smallest absolute Gasteiger partial charge is 0.320 e. The first-order valence-corrected chi connectivity index (χ1v) is 4.92. The van der Waals surface area contributed by atoms with E-state index in [0.29, 0.717) is 16.5 Å². The lowest BCUT2D eigenvalue weighted by Crippen LogP contribution is -2.32. The van der Waals surface area contributed by atoms with Crippen LogP contribution in [0.1, 0.15) is 5.69 Å². The Hall–Kier alpha value is -1.66. The van der Waals surface area contributed by atoms with E-state index < -0.39 is 12.0 Å². The van der Waals surface area contributed by atoms with Crippen molar-refractivity contribution in [2.45, 2.75) is 12.5 Å². The largest absolute Gasteiger partial charge is 0.480 e. The second kappa shape index (κ2) is 4.07. The molecule has 0 amide bonds. The minimum atomic E-state index is -1.08. The molecule has 0 aliphatic carbocycles. The molecule has 0 aromatic carbocycles. The van der Waals surface area contributed by atoms with Gasteiger partial charge < -0.3 is 10.8 Å². The van der Waals surface area contributed by atoms with Crippen LogP contribution < -0.4 is 5.73 Å². The quantitative estimate of drug-likeness (QED) is 0.807. The highest BCUT2D eigenvalue weighted by atomic mass is 35.5. The van der Waals surface area contributed by atoms with E-state index >= 15 is 0 Å². The highest BCUT2D eigenvalue weighted by molar-refractivity contribution is 6.30. The Labute approximate surface area is 95.7 Å². The number of halogens is 1. The van der Waals surface area contributed by atoms with Crippen molar-refractivity contribution in [3.63, 3.8) is 0 Å². The number of hydrogen-bond donors (Lipinski definition) is 2. The fourth-order valence-electron chi connectivity index (χ4n) is 1.35. The standard InChI is InChI=1S/C9H9ClN4O2/c10-8-6(3-5(11)9(15)16)13-7-1-2-12-4-14(7)8/h1-2,4-5H,3,11H2,(H,15,16). The number of hydrogen-bond acceptors (Lipinski definition) is 4. The van der Waals surface area contributed by atoms with Crippen molar-refractivity contribution >= 4 is 23.2 Å². The number of rotatable bonds is 3. The van der Waals surface area contributed by atoms with Crippen LogP contribution in [0.3, 0.4) is 0 Å². The van der Waals surface area contributed by atoms with E-state index in [-0.39, 0.29) is 6.42 Å². The summed E-state index contributed by atoms with van der Waals surface area (Å²) < 4.78 is 1.57. The van der Waals surface area contributed by atoms with Gasteiger partial charge in [-0.05, 0) is 6.07 Å². The molecule has 2 aromatic heterocycles. The van der Waals surface area contributed by atoms with Gasteiger partial charge in [0.25, 0.3) is 0 Å². The fraction of sp³-hybridized carbons (Fsp3) is 0.222. The molecule has 1 atom stereocenters. The summed E-state index contributed by atoms with van der Waals surface area (Å²) in [7, 11) is 0. The Balaban J connectivity index is 2.38. The summed E-state index contributed by atoms with van der Waals surface area (Å²) in [6, 6.07) is 0.678. The maximum atomic E-state index is 10.6. The van der Waals surface area contributed by atoms with Crippen LogP contribution >= 0.6 is 11.6 Å². The van der Waals surface area contributed by atoms with Gasteiger partial charge in [0.1, 0.15) is 23.2 Å². The number of imidazole rings is 1. The molecule has 0 fully saturated rings. The van der Waals surface area contributed by atoms with Crippen molar-refractivity contribution in [3.05, 3.63) is 29.4 Å². The molecule has 2 heterocycles. The topological polar surface area (TPSA) is 93.5 Å². The number of carboxylic acid groups (broad SMARTS) is 1. The first-order chi connectivity index (χ1) is 7.59. The molecule has 0 saturated carbocycles. The van der Waals surface area contributed by atoms with Crippen molar-refractivity contribution in [1.29, 1.82) is 0 Å². The third kappa shape index (κ3) is 1.84. The lowest BCUT2D eigenvalue weighted by atomic mass is 10.2. The Kier molecular flexibility index (Phi) is 2.76. The second-order valence-corrected chi connectivity index (χ2v) is 3.66. The number of nitrogens with two attached hydrogens (primary N) is 1. The molecule has 1 unspecified atom stereocenters. The van der Waals surface area contributed by atoms with Crippen LogP contribution in [0.5, 0.6) is 0 Å². The van der Waals surface area contributed by atoms with Crippen LogP contribution in [-0.4, -0.2) is 31.5 Å². The van der Waals surface area contributed by atoms with E-state index in [1.165, 1.54) is 6.33 Å². The zero-order chi connectivity index (χ0) is 11.7. The molecule has 84 valence electrons. The Morgan fingerprint density at radius 1 is 1.69 bits per heavy atom. The van der Waals surface area contributed by atoms with Gasteiger partial charge in [-0.15, -0.1) is 0 Å². The first-order valence-electron chi connectivity index (χ1n) is 4.54. The normalized spacial score (nSPS) is 12.9. The molecule has 0 bridgehead atoms. The molecule has 0 aliphatic heterocycles. The molecule has 2 aromatic rings. The van der Waals surface area contributed by atoms with Gasteiger partial charge in [0.15, 0.2) is 0 Å². The number of carbonyl (C=O) groups is 1. The van der Waals surface area contributed by atoms with Gasteiger partial charge in [0, 0.05) is 12.6 Å². The van der Waals surface area contributed by atoms with Crippen LogP contribution in [0.15, 0.2) is 18.6 Å². The molecular formula is C9H9ClN4O2. The van der Waals surface area contributed by atoms with Crippen molar-refractivity contribution < 1.29 is 9.90 Å². The van der Waals surface area contributed by atoms with Crippen LogP contribution in [0.2, 0.25) is 5.15 Å². The zero-order valence-electron chi connectivity index (χ0n) is 8.17. The Morgan fingerprint density at radius 3 is 3.06 bits per heavy atom. The summed E-state index contributed by atoms with van der Waals surface area (Å²) in [4.78, 5) is 18.7. The number of fused-ring (bicyclic) bond motifs is 1. The summed E-state index contributed by atoms with van der Waals surface area (Å²) in [5.74, 6) is -1.08. The van der Waals surface area contributed by atoms with Crippen molar-refractivity contribution in [2.24, 2.45) is 5.73 Å². The summed E-state index contributed by atoms with van der Waals surface area (Å²) in [5, 5.41) is 9.04. The molecule has 6 nitrogen and oxygen atoms in total. The monoisotopic (exact) mass is 240 g/mol. The van der Waals surface area contributed by atoms with Crippen LogP contribution in [0.25, 0.3) is 5.65 Å². The minimum absolute atomic E-state index is 0.0931. The van der Waals surface area contributed by atoms with Crippen molar-refractivity contribution in [1.82, 2.24) is 14.4 Å². The van der Waals surface area contributed by atoms with Crippen LogP contribution in [-0.2, 0) is 11.2 Å². The molecule has 0 saturated heterocycles. The number of aliphatic carboxylic acids is 1. The average Bonchev–Trinajstić information content (AvgIpc) is 2.56. The molecule has 0 aliphatic rings. The number of carboxylic acids is 1. The van der Waals surface area contributed by atoms with E-state index in [4.69, 9.17) is 22.4 Å². The van der Waals surface area contributed by atoms with Crippen molar-refractivity contribution in [2.75, 3.05) is 0 Å².